The summed E-state index contributed by atoms with van der Waals surface area (Å²) in [6.07, 6.45) is 6.03. The Bertz CT molecular complexity index is 1260. The number of nitrogens with zero attached hydrogens (tertiary/aromatic N) is 5. The van der Waals surface area contributed by atoms with E-state index in [1.165, 1.54) is 11.1 Å². The van der Waals surface area contributed by atoms with Crippen molar-refractivity contribution in [3.8, 4) is 23.2 Å². The van der Waals surface area contributed by atoms with Gasteiger partial charge in [0.25, 0.3) is 0 Å². The van der Waals surface area contributed by atoms with Crippen LogP contribution in [0.15, 0.2) is 54.6 Å². The van der Waals surface area contributed by atoms with Gasteiger partial charge < -0.3 is 19.1 Å². The van der Waals surface area contributed by atoms with Gasteiger partial charge >= 0.3 is 6.01 Å². The number of benzene rings is 2. The van der Waals surface area contributed by atoms with Crippen molar-refractivity contribution >= 4 is 0 Å². The molecule has 168 valence electrons. The smallest absolute Gasteiger partial charge is 0.341 e. The van der Waals surface area contributed by atoms with Crippen LogP contribution in [0.1, 0.15) is 17.5 Å². The van der Waals surface area contributed by atoms with E-state index >= 15 is 0 Å². The SMILES string of the molecule is COc1ccc2c3c1O[C@@H]1[C@H](Oc4nnnn4-c4ccccc4)C=C[C@@H]4[C@H](C2)N(C)CC[C@]341. The summed E-state index contributed by atoms with van der Waals surface area (Å²) in [7, 11) is 3.95. The molecule has 0 saturated carbocycles. The molecule has 2 aliphatic heterocycles. The van der Waals surface area contributed by atoms with E-state index in [9.17, 15) is 0 Å². The second-order valence-corrected chi connectivity index (χ2v) is 9.41. The van der Waals surface area contributed by atoms with Crippen LogP contribution in [0.25, 0.3) is 5.69 Å². The number of aromatic nitrogens is 4. The summed E-state index contributed by atoms with van der Waals surface area (Å²) in [6, 6.07) is 14.8. The molecule has 5 atom stereocenters. The first-order valence-corrected chi connectivity index (χ1v) is 11.5. The minimum absolute atomic E-state index is 0.140. The lowest BCUT2D eigenvalue weighted by Gasteiger charge is -2.56. The van der Waals surface area contributed by atoms with E-state index in [2.05, 4.69) is 45.7 Å². The molecule has 4 aliphatic rings. The van der Waals surface area contributed by atoms with Crippen LogP contribution < -0.4 is 14.2 Å². The second kappa shape index (κ2) is 6.81. The maximum absolute atomic E-state index is 6.75. The second-order valence-electron chi connectivity index (χ2n) is 9.41. The molecule has 1 saturated heterocycles. The van der Waals surface area contributed by atoms with Gasteiger partial charge in [0.2, 0.25) is 0 Å². The van der Waals surface area contributed by atoms with E-state index in [0.29, 0.717) is 18.0 Å². The van der Waals surface area contributed by atoms with Crippen molar-refractivity contribution in [2.45, 2.75) is 36.5 Å². The molecule has 2 aliphatic carbocycles. The highest BCUT2D eigenvalue weighted by Crippen LogP contribution is 2.62. The molecular weight excluding hydrogens is 418 g/mol. The van der Waals surface area contributed by atoms with Crippen molar-refractivity contribution < 1.29 is 14.2 Å². The predicted octanol–water partition coefficient (Wildman–Crippen LogP) is 2.56. The van der Waals surface area contributed by atoms with E-state index in [1.807, 2.05) is 36.4 Å². The van der Waals surface area contributed by atoms with Crippen molar-refractivity contribution in [3.05, 3.63) is 65.7 Å². The van der Waals surface area contributed by atoms with Crippen molar-refractivity contribution in [2.24, 2.45) is 5.92 Å². The van der Waals surface area contributed by atoms with Gasteiger partial charge in [0.15, 0.2) is 17.6 Å². The monoisotopic (exact) mass is 443 g/mol. The zero-order chi connectivity index (χ0) is 22.2. The Balaban J connectivity index is 1.33. The molecule has 8 heteroatoms. The summed E-state index contributed by atoms with van der Waals surface area (Å²) in [4.78, 5) is 2.50. The molecule has 3 heterocycles. The standard InChI is InChI=1S/C25H25N5O3/c1-29-13-12-25-17-9-11-20(32-24-26-27-28-30(24)16-6-4-3-5-7-16)23(25)33-22-19(31-2)10-8-15(21(22)25)14-18(17)29/h3-11,17-18,20,23H,12-14H2,1-2H3/t17-,18+,20-,23-,25-/m1/s1. The van der Waals surface area contributed by atoms with Crippen molar-refractivity contribution in [3.63, 3.8) is 0 Å². The number of hydrogen-bond acceptors (Lipinski definition) is 7. The molecule has 2 aromatic carbocycles. The van der Waals surface area contributed by atoms with Crippen molar-refractivity contribution in [2.75, 3.05) is 20.7 Å². The summed E-state index contributed by atoms with van der Waals surface area (Å²) < 4.78 is 20.6. The number of methoxy groups -OCH3 is 1. The number of tetrazole rings is 1. The largest absolute Gasteiger partial charge is 0.493 e. The molecule has 7 rings (SSSR count). The van der Waals surface area contributed by atoms with Gasteiger partial charge in [-0.15, -0.1) is 0 Å². The minimum Gasteiger partial charge on any atom is -0.493 e. The number of ether oxygens (including phenoxy) is 3. The topological polar surface area (TPSA) is 74.5 Å². The Labute approximate surface area is 191 Å². The highest BCUT2D eigenvalue weighted by molar-refractivity contribution is 5.62. The number of likely N-dealkylation sites (tertiary alicyclic amines) is 1. The average Bonchev–Trinajstić information content (AvgIpc) is 3.45. The van der Waals surface area contributed by atoms with E-state index in [4.69, 9.17) is 14.2 Å². The van der Waals surface area contributed by atoms with Crippen LogP contribution in [0.5, 0.6) is 17.5 Å². The first-order chi connectivity index (χ1) is 16.2. The van der Waals surface area contributed by atoms with Crippen molar-refractivity contribution in [1.82, 2.24) is 25.1 Å². The lowest BCUT2D eigenvalue weighted by Crippen LogP contribution is -2.65. The highest BCUT2D eigenvalue weighted by atomic mass is 16.6. The lowest BCUT2D eigenvalue weighted by molar-refractivity contribution is -0.0406. The fraction of sp³-hybridized carbons (Fsp3) is 0.400. The van der Waals surface area contributed by atoms with Gasteiger partial charge in [-0.25, -0.2) is 0 Å². The van der Waals surface area contributed by atoms with Crippen molar-refractivity contribution in [1.29, 1.82) is 0 Å². The van der Waals surface area contributed by atoms with Gasteiger partial charge in [0.05, 0.1) is 12.8 Å². The molecule has 0 N–H and O–H groups in total. The summed E-state index contributed by atoms with van der Waals surface area (Å²) in [6.45, 7) is 1.03. The summed E-state index contributed by atoms with van der Waals surface area (Å²) in [5.41, 5.74) is 3.40. The Kier molecular flexibility index (Phi) is 3.94. The fourth-order valence-electron chi connectivity index (χ4n) is 6.58. The molecule has 0 radical (unpaired) electrons. The van der Waals surface area contributed by atoms with Gasteiger partial charge in [-0.05, 0) is 66.7 Å². The number of para-hydroxylation sites is 1. The number of hydrogen-bond donors (Lipinski definition) is 0. The Hall–Kier alpha value is -3.39. The molecule has 0 unspecified atom stereocenters. The third-order valence-electron chi connectivity index (χ3n) is 8.02. The third kappa shape index (κ3) is 2.47. The third-order valence-corrected chi connectivity index (χ3v) is 8.02. The maximum atomic E-state index is 6.75. The number of likely N-dealkylation sites (N-methyl/N-ethyl adjacent to an activating group) is 1. The molecule has 0 amide bonds. The maximum Gasteiger partial charge on any atom is 0.341 e. The van der Waals surface area contributed by atoms with Crippen LogP contribution in [0.2, 0.25) is 0 Å². The summed E-state index contributed by atoms with van der Waals surface area (Å²) in [5.74, 6) is 2.04. The predicted molar refractivity (Wildman–Crippen MR) is 120 cm³/mol. The van der Waals surface area contributed by atoms with Crippen LogP contribution in [0.3, 0.4) is 0 Å². The molecule has 1 fully saturated rings. The molecular formula is C25H25N5O3. The Morgan fingerprint density at radius 1 is 1.12 bits per heavy atom. The van der Waals surface area contributed by atoms with Crippen LogP contribution in [0, 0.1) is 5.92 Å². The van der Waals surface area contributed by atoms with Gasteiger partial charge in [-0.3, -0.25) is 0 Å². The van der Waals surface area contributed by atoms with E-state index in [1.54, 1.807) is 11.8 Å². The molecule has 1 spiro atoms. The highest BCUT2D eigenvalue weighted by Gasteiger charge is 2.65. The number of piperidine rings is 1. The van der Waals surface area contributed by atoms with E-state index in [0.717, 1.165) is 36.6 Å². The molecule has 2 bridgehead atoms. The molecule has 1 aromatic heterocycles. The Morgan fingerprint density at radius 3 is 2.85 bits per heavy atom. The summed E-state index contributed by atoms with van der Waals surface area (Å²) >= 11 is 0. The zero-order valence-corrected chi connectivity index (χ0v) is 18.6. The molecule has 3 aromatic rings. The molecule has 33 heavy (non-hydrogen) atoms. The van der Waals surface area contributed by atoms with Gasteiger partial charge in [0.1, 0.15) is 6.10 Å². The van der Waals surface area contributed by atoms with Gasteiger partial charge in [-0.2, -0.15) is 4.68 Å². The summed E-state index contributed by atoms with van der Waals surface area (Å²) in [5, 5.41) is 12.2. The molecule has 8 nitrogen and oxygen atoms in total. The van der Waals surface area contributed by atoms with Crippen LogP contribution in [-0.2, 0) is 11.8 Å². The number of rotatable bonds is 4. The Morgan fingerprint density at radius 2 is 2.00 bits per heavy atom. The minimum atomic E-state index is -0.318. The zero-order valence-electron chi connectivity index (χ0n) is 18.6. The van der Waals surface area contributed by atoms with Gasteiger partial charge in [-0.1, -0.05) is 35.4 Å². The van der Waals surface area contributed by atoms with Crippen LogP contribution in [-0.4, -0.2) is 64.1 Å². The van der Waals surface area contributed by atoms with Crippen LogP contribution in [0.4, 0.5) is 0 Å². The van der Waals surface area contributed by atoms with E-state index < -0.39 is 0 Å². The lowest BCUT2D eigenvalue weighted by atomic mass is 9.53. The first-order valence-electron chi connectivity index (χ1n) is 11.5. The fourth-order valence-corrected chi connectivity index (χ4v) is 6.58. The average molecular weight is 444 g/mol. The van der Waals surface area contributed by atoms with Gasteiger partial charge in [0, 0.05) is 22.9 Å². The normalized spacial score (nSPS) is 31.1. The quantitative estimate of drug-likeness (QED) is 0.574. The van der Waals surface area contributed by atoms with Crippen LogP contribution >= 0.6 is 0 Å². The van der Waals surface area contributed by atoms with E-state index in [-0.39, 0.29) is 17.6 Å². The first kappa shape index (κ1) is 19.1.